The first-order chi connectivity index (χ1) is 7.54. The number of benzene rings is 1. The molecule has 1 aromatic rings. The highest BCUT2D eigenvalue weighted by Crippen LogP contribution is 2.20. The third-order valence-electron chi connectivity index (χ3n) is 2.29. The highest BCUT2D eigenvalue weighted by Gasteiger charge is 2.08. The molecule has 0 heterocycles. The zero-order valence-electron chi connectivity index (χ0n) is 9.18. The maximum atomic E-state index is 13.0. The van der Waals surface area contributed by atoms with E-state index in [1.165, 1.54) is 6.07 Å². The molecular formula is C11H14BrFN2O. The third kappa shape index (κ3) is 3.57. The van der Waals surface area contributed by atoms with Crippen LogP contribution < -0.4 is 10.6 Å². The minimum atomic E-state index is -0.290. The molecule has 1 unspecified atom stereocenters. The van der Waals surface area contributed by atoms with Crippen LogP contribution in [-0.2, 0) is 4.79 Å². The Hall–Kier alpha value is -0.940. The van der Waals surface area contributed by atoms with Gasteiger partial charge in [0.25, 0.3) is 0 Å². The van der Waals surface area contributed by atoms with Crippen LogP contribution >= 0.6 is 15.9 Å². The minimum absolute atomic E-state index is 0.00537. The van der Waals surface area contributed by atoms with E-state index in [4.69, 9.17) is 0 Å². The summed E-state index contributed by atoms with van der Waals surface area (Å²) in [5, 5.41) is 5.56. The fraction of sp³-hybridized carbons (Fsp3) is 0.364. The zero-order chi connectivity index (χ0) is 12.1. The summed E-state index contributed by atoms with van der Waals surface area (Å²) in [6, 6.07) is 4.80. The van der Waals surface area contributed by atoms with Gasteiger partial charge in [0, 0.05) is 13.1 Å². The molecule has 0 fully saturated rings. The number of amides is 1. The van der Waals surface area contributed by atoms with E-state index < -0.39 is 0 Å². The normalized spacial score (nSPS) is 12.2. The number of rotatable bonds is 4. The molecule has 0 saturated carbocycles. The molecule has 1 amide bonds. The van der Waals surface area contributed by atoms with Crippen LogP contribution in [0.1, 0.15) is 18.5 Å². The largest absolute Gasteiger partial charge is 0.358 e. The summed E-state index contributed by atoms with van der Waals surface area (Å²) >= 11 is 3.13. The summed E-state index contributed by atoms with van der Waals surface area (Å²) in [6.07, 6.45) is 0. The van der Waals surface area contributed by atoms with Crippen LogP contribution in [0.25, 0.3) is 0 Å². The van der Waals surface area contributed by atoms with Gasteiger partial charge in [-0.05, 0) is 40.5 Å². The lowest BCUT2D eigenvalue weighted by Crippen LogP contribution is -2.32. The molecule has 1 aromatic carbocycles. The van der Waals surface area contributed by atoms with Crippen LogP contribution in [-0.4, -0.2) is 19.5 Å². The molecule has 88 valence electrons. The van der Waals surface area contributed by atoms with Gasteiger partial charge in [0.1, 0.15) is 5.82 Å². The summed E-state index contributed by atoms with van der Waals surface area (Å²) in [6.45, 7) is 2.16. The Morgan fingerprint density at radius 1 is 1.56 bits per heavy atom. The fourth-order valence-electron chi connectivity index (χ4n) is 1.23. The second kappa shape index (κ2) is 5.96. The summed E-state index contributed by atoms with van der Waals surface area (Å²) in [4.78, 5) is 11.0. The van der Waals surface area contributed by atoms with Gasteiger partial charge in [0.2, 0.25) is 5.91 Å². The highest BCUT2D eigenvalue weighted by atomic mass is 79.9. The number of carbonyl (C=O) groups excluding carboxylic acids is 1. The first-order valence-electron chi connectivity index (χ1n) is 4.93. The number of likely N-dealkylation sites (N-methyl/N-ethyl adjacent to an activating group) is 1. The minimum Gasteiger partial charge on any atom is -0.358 e. The van der Waals surface area contributed by atoms with Gasteiger partial charge in [-0.1, -0.05) is 6.07 Å². The predicted octanol–water partition coefficient (Wildman–Crippen LogP) is 1.98. The summed E-state index contributed by atoms with van der Waals surface area (Å²) in [5.74, 6) is -0.365. The SMILES string of the molecule is CNC(=O)CNC(C)c1ccc(F)c(Br)c1. The van der Waals surface area contributed by atoms with Crippen molar-refractivity contribution in [2.75, 3.05) is 13.6 Å². The molecule has 1 atom stereocenters. The van der Waals surface area contributed by atoms with Crippen molar-refractivity contribution in [2.24, 2.45) is 0 Å². The zero-order valence-corrected chi connectivity index (χ0v) is 10.8. The van der Waals surface area contributed by atoms with E-state index >= 15 is 0 Å². The van der Waals surface area contributed by atoms with E-state index in [2.05, 4.69) is 26.6 Å². The summed E-state index contributed by atoms with van der Waals surface area (Å²) in [5.41, 5.74) is 0.928. The molecule has 0 radical (unpaired) electrons. The van der Waals surface area contributed by atoms with Crippen LogP contribution in [0.15, 0.2) is 22.7 Å². The highest BCUT2D eigenvalue weighted by molar-refractivity contribution is 9.10. The van der Waals surface area contributed by atoms with E-state index in [1.807, 2.05) is 6.92 Å². The van der Waals surface area contributed by atoms with Crippen molar-refractivity contribution in [2.45, 2.75) is 13.0 Å². The Morgan fingerprint density at radius 3 is 2.81 bits per heavy atom. The van der Waals surface area contributed by atoms with Crippen LogP contribution in [0, 0.1) is 5.82 Å². The van der Waals surface area contributed by atoms with E-state index in [1.54, 1.807) is 19.2 Å². The van der Waals surface area contributed by atoms with Gasteiger partial charge < -0.3 is 10.6 Å². The van der Waals surface area contributed by atoms with Crippen LogP contribution in [0.5, 0.6) is 0 Å². The number of hydrogen-bond acceptors (Lipinski definition) is 2. The second-order valence-electron chi connectivity index (χ2n) is 3.45. The molecule has 0 bridgehead atoms. The van der Waals surface area contributed by atoms with Gasteiger partial charge in [-0.3, -0.25) is 4.79 Å². The van der Waals surface area contributed by atoms with Crippen molar-refractivity contribution in [3.63, 3.8) is 0 Å². The summed E-state index contributed by atoms with van der Waals surface area (Å²) < 4.78 is 13.4. The molecule has 0 spiro atoms. The second-order valence-corrected chi connectivity index (χ2v) is 4.30. The van der Waals surface area contributed by atoms with Gasteiger partial charge in [0.15, 0.2) is 0 Å². The lowest BCUT2D eigenvalue weighted by Gasteiger charge is -2.14. The molecule has 16 heavy (non-hydrogen) atoms. The number of carbonyl (C=O) groups is 1. The molecule has 0 aliphatic carbocycles. The van der Waals surface area contributed by atoms with Crippen molar-refractivity contribution in [3.05, 3.63) is 34.1 Å². The number of hydrogen-bond donors (Lipinski definition) is 2. The van der Waals surface area contributed by atoms with Crippen molar-refractivity contribution in [1.82, 2.24) is 10.6 Å². The molecule has 0 aliphatic heterocycles. The van der Waals surface area contributed by atoms with Crippen LogP contribution in [0.4, 0.5) is 4.39 Å². The van der Waals surface area contributed by atoms with Crippen molar-refractivity contribution < 1.29 is 9.18 Å². The van der Waals surface area contributed by atoms with Crippen molar-refractivity contribution in [1.29, 1.82) is 0 Å². The van der Waals surface area contributed by atoms with Crippen molar-refractivity contribution in [3.8, 4) is 0 Å². The van der Waals surface area contributed by atoms with Gasteiger partial charge in [-0.15, -0.1) is 0 Å². The average molecular weight is 289 g/mol. The van der Waals surface area contributed by atoms with E-state index in [9.17, 15) is 9.18 Å². The lowest BCUT2D eigenvalue weighted by atomic mass is 10.1. The molecule has 0 aliphatic rings. The van der Waals surface area contributed by atoms with E-state index in [-0.39, 0.29) is 24.3 Å². The maximum absolute atomic E-state index is 13.0. The quantitative estimate of drug-likeness (QED) is 0.890. The van der Waals surface area contributed by atoms with Gasteiger partial charge >= 0.3 is 0 Å². The molecular weight excluding hydrogens is 275 g/mol. The molecule has 3 nitrogen and oxygen atoms in total. The molecule has 2 N–H and O–H groups in total. The monoisotopic (exact) mass is 288 g/mol. The smallest absolute Gasteiger partial charge is 0.233 e. The Morgan fingerprint density at radius 2 is 2.25 bits per heavy atom. The number of nitrogens with one attached hydrogen (secondary N) is 2. The lowest BCUT2D eigenvalue weighted by molar-refractivity contribution is -0.119. The van der Waals surface area contributed by atoms with E-state index in [0.717, 1.165) is 5.56 Å². The van der Waals surface area contributed by atoms with E-state index in [0.29, 0.717) is 4.47 Å². The standard InChI is InChI=1S/C11H14BrFN2O/c1-7(15-6-11(16)14-2)8-3-4-10(13)9(12)5-8/h3-5,7,15H,6H2,1-2H3,(H,14,16). The maximum Gasteiger partial charge on any atom is 0.233 e. The first kappa shape index (κ1) is 13.1. The first-order valence-corrected chi connectivity index (χ1v) is 5.72. The van der Waals surface area contributed by atoms with Crippen molar-refractivity contribution >= 4 is 21.8 Å². The Kier molecular flexibility index (Phi) is 4.89. The molecule has 5 heteroatoms. The Labute approximate surface area is 103 Å². The Bertz CT molecular complexity index is 384. The Balaban J connectivity index is 2.62. The summed E-state index contributed by atoms with van der Waals surface area (Å²) in [7, 11) is 1.59. The van der Waals surface area contributed by atoms with Gasteiger partial charge in [0.05, 0.1) is 11.0 Å². The fourth-order valence-corrected chi connectivity index (χ4v) is 1.63. The number of halogens is 2. The molecule has 1 rings (SSSR count). The van der Waals surface area contributed by atoms with Gasteiger partial charge in [-0.2, -0.15) is 0 Å². The van der Waals surface area contributed by atoms with Gasteiger partial charge in [-0.25, -0.2) is 4.39 Å². The van der Waals surface area contributed by atoms with Crippen LogP contribution in [0.2, 0.25) is 0 Å². The topological polar surface area (TPSA) is 41.1 Å². The predicted molar refractivity (Wildman–Crippen MR) is 64.6 cm³/mol. The third-order valence-corrected chi connectivity index (χ3v) is 2.90. The molecule has 0 saturated heterocycles. The van der Waals surface area contributed by atoms with Crippen LogP contribution in [0.3, 0.4) is 0 Å². The average Bonchev–Trinajstić information content (AvgIpc) is 2.29. The molecule has 0 aromatic heterocycles.